The smallest absolute Gasteiger partial charge is 0.147 e. The van der Waals surface area contributed by atoms with Crippen LogP contribution in [0.25, 0.3) is 11.3 Å². The first-order valence-electron chi connectivity index (χ1n) is 6.80. The highest BCUT2D eigenvalue weighted by molar-refractivity contribution is 5.81. The number of Topliss-reactive ketones (excluding diaryl/α,β-unsaturated/α-hetero) is 1. The lowest BCUT2D eigenvalue weighted by Crippen LogP contribution is -2.34. The molecule has 0 radical (unpaired) electrons. The van der Waals surface area contributed by atoms with E-state index in [0.717, 1.165) is 16.8 Å². The predicted octanol–water partition coefficient (Wildman–Crippen LogP) is 2.78. The van der Waals surface area contributed by atoms with Gasteiger partial charge < -0.3 is 5.32 Å². The van der Waals surface area contributed by atoms with Gasteiger partial charge in [0.2, 0.25) is 0 Å². The molecule has 0 saturated heterocycles. The lowest BCUT2D eigenvalue weighted by atomic mass is 10.0. The van der Waals surface area contributed by atoms with E-state index in [4.69, 9.17) is 0 Å². The number of rotatable bonds is 5. The summed E-state index contributed by atoms with van der Waals surface area (Å²) in [6.07, 6.45) is 2.53. The Labute approximate surface area is 120 Å². The zero-order valence-corrected chi connectivity index (χ0v) is 12.2. The molecule has 0 fully saturated rings. The van der Waals surface area contributed by atoms with Crippen LogP contribution in [0.1, 0.15) is 18.1 Å². The monoisotopic (exact) mass is 268 g/mol. The van der Waals surface area contributed by atoms with E-state index in [-0.39, 0.29) is 11.8 Å². The number of aromatic nitrogens is 1. The van der Waals surface area contributed by atoms with E-state index in [0.29, 0.717) is 6.42 Å². The molecule has 104 valence electrons. The van der Waals surface area contributed by atoms with Gasteiger partial charge in [-0.25, -0.2) is 0 Å². The second-order valence-electron chi connectivity index (χ2n) is 5.08. The van der Waals surface area contributed by atoms with E-state index < -0.39 is 0 Å². The SMILES string of the molecule is CN[C@@H](Cc1ccc(-c2cccc(C)c2)nc1)C(C)=O. The number of nitrogens with zero attached hydrogens (tertiary/aromatic N) is 1. The summed E-state index contributed by atoms with van der Waals surface area (Å²) in [5, 5.41) is 3.03. The van der Waals surface area contributed by atoms with Gasteiger partial charge in [0.15, 0.2) is 0 Å². The van der Waals surface area contributed by atoms with Crippen molar-refractivity contribution in [2.45, 2.75) is 26.3 Å². The number of likely N-dealkylation sites (N-methyl/N-ethyl adjacent to an activating group) is 1. The number of hydrogen-bond donors (Lipinski definition) is 1. The summed E-state index contributed by atoms with van der Waals surface area (Å²) in [4.78, 5) is 15.9. The Morgan fingerprint density at radius 3 is 2.65 bits per heavy atom. The highest BCUT2D eigenvalue weighted by Gasteiger charge is 2.12. The van der Waals surface area contributed by atoms with Crippen LogP contribution in [-0.2, 0) is 11.2 Å². The summed E-state index contributed by atoms with van der Waals surface area (Å²) in [7, 11) is 1.81. The van der Waals surface area contributed by atoms with Gasteiger partial charge in [0.1, 0.15) is 5.78 Å². The number of carbonyl (C=O) groups excluding carboxylic acids is 1. The topological polar surface area (TPSA) is 42.0 Å². The first-order chi connectivity index (χ1) is 9.60. The largest absolute Gasteiger partial charge is 0.310 e. The van der Waals surface area contributed by atoms with Gasteiger partial charge in [0.05, 0.1) is 11.7 Å². The molecule has 1 aromatic heterocycles. The van der Waals surface area contributed by atoms with E-state index in [1.54, 1.807) is 14.0 Å². The van der Waals surface area contributed by atoms with Crippen molar-refractivity contribution in [1.82, 2.24) is 10.3 Å². The fourth-order valence-corrected chi connectivity index (χ4v) is 2.21. The summed E-state index contributed by atoms with van der Waals surface area (Å²) < 4.78 is 0. The quantitative estimate of drug-likeness (QED) is 0.906. The van der Waals surface area contributed by atoms with Crippen LogP contribution in [0.5, 0.6) is 0 Å². The molecule has 0 saturated carbocycles. The molecule has 3 heteroatoms. The average molecular weight is 268 g/mol. The summed E-state index contributed by atoms with van der Waals surface area (Å²) >= 11 is 0. The molecule has 1 N–H and O–H groups in total. The van der Waals surface area contributed by atoms with E-state index in [1.165, 1.54) is 5.56 Å². The van der Waals surface area contributed by atoms with Crippen molar-refractivity contribution in [2.75, 3.05) is 7.05 Å². The highest BCUT2D eigenvalue weighted by Crippen LogP contribution is 2.18. The number of benzene rings is 1. The number of carbonyl (C=O) groups is 1. The van der Waals surface area contributed by atoms with Crippen LogP contribution < -0.4 is 5.32 Å². The molecule has 2 aromatic rings. The molecular weight excluding hydrogens is 248 g/mol. The van der Waals surface area contributed by atoms with Gasteiger partial charge in [-0.1, -0.05) is 29.8 Å². The van der Waals surface area contributed by atoms with E-state index >= 15 is 0 Å². The van der Waals surface area contributed by atoms with Crippen molar-refractivity contribution in [1.29, 1.82) is 0 Å². The Morgan fingerprint density at radius 2 is 2.10 bits per heavy atom. The van der Waals surface area contributed by atoms with E-state index in [9.17, 15) is 4.79 Å². The zero-order valence-electron chi connectivity index (χ0n) is 12.2. The van der Waals surface area contributed by atoms with Gasteiger partial charge >= 0.3 is 0 Å². The first-order valence-corrected chi connectivity index (χ1v) is 6.80. The van der Waals surface area contributed by atoms with E-state index in [2.05, 4.69) is 35.4 Å². The molecule has 0 spiro atoms. The van der Waals surface area contributed by atoms with Crippen LogP contribution in [0.15, 0.2) is 42.6 Å². The highest BCUT2D eigenvalue weighted by atomic mass is 16.1. The van der Waals surface area contributed by atoms with Gasteiger partial charge in [-0.15, -0.1) is 0 Å². The minimum atomic E-state index is -0.137. The van der Waals surface area contributed by atoms with Gasteiger partial charge in [-0.05, 0) is 45.0 Å². The third-order valence-corrected chi connectivity index (χ3v) is 3.42. The lowest BCUT2D eigenvalue weighted by Gasteiger charge is -2.12. The Bertz CT molecular complexity index is 590. The molecule has 0 aliphatic heterocycles. The Kier molecular flexibility index (Phi) is 4.64. The number of nitrogens with one attached hydrogen (secondary N) is 1. The minimum Gasteiger partial charge on any atom is -0.310 e. The van der Waals surface area contributed by atoms with E-state index in [1.807, 2.05) is 24.4 Å². The normalized spacial score (nSPS) is 12.2. The molecule has 0 amide bonds. The van der Waals surface area contributed by atoms with Crippen LogP contribution in [0, 0.1) is 6.92 Å². The zero-order chi connectivity index (χ0) is 14.5. The summed E-state index contributed by atoms with van der Waals surface area (Å²) in [5.74, 6) is 0.148. The molecule has 20 heavy (non-hydrogen) atoms. The van der Waals surface area contributed by atoms with Crippen molar-refractivity contribution < 1.29 is 4.79 Å². The van der Waals surface area contributed by atoms with Gasteiger partial charge in [0.25, 0.3) is 0 Å². The fraction of sp³-hybridized carbons (Fsp3) is 0.294. The molecule has 1 atom stereocenters. The first kappa shape index (κ1) is 14.4. The summed E-state index contributed by atoms with van der Waals surface area (Å²) in [6.45, 7) is 3.68. The second-order valence-corrected chi connectivity index (χ2v) is 5.08. The molecule has 0 bridgehead atoms. The molecule has 1 heterocycles. The van der Waals surface area contributed by atoms with Crippen LogP contribution >= 0.6 is 0 Å². The van der Waals surface area contributed by atoms with Crippen LogP contribution in [0.4, 0.5) is 0 Å². The second kappa shape index (κ2) is 6.44. The van der Waals surface area contributed by atoms with Gasteiger partial charge in [-0.3, -0.25) is 9.78 Å². The van der Waals surface area contributed by atoms with Crippen LogP contribution in [-0.4, -0.2) is 23.9 Å². The molecule has 0 aliphatic carbocycles. The Hall–Kier alpha value is -2.00. The maximum atomic E-state index is 11.4. The van der Waals surface area contributed by atoms with Crippen LogP contribution in [0.2, 0.25) is 0 Å². The van der Waals surface area contributed by atoms with Crippen LogP contribution in [0.3, 0.4) is 0 Å². The molecule has 1 aromatic carbocycles. The molecule has 2 rings (SSSR count). The predicted molar refractivity (Wildman–Crippen MR) is 81.6 cm³/mol. The fourth-order valence-electron chi connectivity index (χ4n) is 2.21. The summed E-state index contributed by atoms with van der Waals surface area (Å²) in [5.41, 5.74) is 4.37. The number of ketones is 1. The number of pyridine rings is 1. The van der Waals surface area contributed by atoms with Crippen molar-refractivity contribution >= 4 is 5.78 Å². The standard InChI is InChI=1S/C17H20N2O/c1-12-5-4-6-15(9-12)16-8-7-14(11-19-16)10-17(18-3)13(2)20/h4-9,11,17-18H,10H2,1-3H3/t17-/m0/s1. The minimum absolute atomic E-state index is 0.137. The van der Waals surface area contributed by atoms with Crippen molar-refractivity contribution in [3.8, 4) is 11.3 Å². The molecular formula is C17H20N2O. The maximum Gasteiger partial charge on any atom is 0.147 e. The molecule has 0 aliphatic rings. The van der Waals surface area contributed by atoms with Crippen molar-refractivity contribution in [3.63, 3.8) is 0 Å². The van der Waals surface area contributed by atoms with Crippen molar-refractivity contribution in [2.24, 2.45) is 0 Å². The third-order valence-electron chi connectivity index (χ3n) is 3.42. The molecule has 3 nitrogen and oxygen atoms in total. The molecule has 0 unspecified atom stereocenters. The Morgan fingerprint density at radius 1 is 1.30 bits per heavy atom. The van der Waals surface area contributed by atoms with Gasteiger partial charge in [-0.2, -0.15) is 0 Å². The van der Waals surface area contributed by atoms with Gasteiger partial charge in [0, 0.05) is 11.8 Å². The average Bonchev–Trinajstić information content (AvgIpc) is 2.45. The number of aryl methyl sites for hydroxylation is 1. The maximum absolute atomic E-state index is 11.4. The Balaban J connectivity index is 2.16. The summed E-state index contributed by atoms with van der Waals surface area (Å²) in [6, 6.07) is 12.2. The third kappa shape index (κ3) is 3.52. The number of hydrogen-bond acceptors (Lipinski definition) is 3. The lowest BCUT2D eigenvalue weighted by molar-refractivity contribution is -0.118. The van der Waals surface area contributed by atoms with Crippen molar-refractivity contribution in [3.05, 3.63) is 53.7 Å².